The lowest BCUT2D eigenvalue weighted by atomic mass is 9.64. The molecule has 0 spiro atoms. The summed E-state index contributed by atoms with van der Waals surface area (Å²) in [5.41, 5.74) is 2.65. The molecule has 0 aliphatic heterocycles. The zero-order chi connectivity index (χ0) is 37.2. The van der Waals surface area contributed by atoms with Gasteiger partial charge in [-0.2, -0.15) is 0 Å². The van der Waals surface area contributed by atoms with E-state index in [0.29, 0.717) is 48.3 Å². The molecule has 3 aliphatic carbocycles. The number of ether oxygens (including phenoxy) is 1. The fraction of sp³-hybridized carbons (Fsp3) is 0.348. The van der Waals surface area contributed by atoms with Crippen LogP contribution in [0.15, 0.2) is 115 Å². The molecule has 6 nitrogen and oxygen atoms in total. The van der Waals surface area contributed by atoms with E-state index in [4.69, 9.17) is 4.74 Å². The van der Waals surface area contributed by atoms with Gasteiger partial charge in [-0.1, -0.05) is 91.4 Å². The van der Waals surface area contributed by atoms with Crippen LogP contribution in [0.3, 0.4) is 0 Å². The third kappa shape index (κ3) is 7.89. The van der Waals surface area contributed by atoms with E-state index < -0.39 is 23.2 Å². The van der Waals surface area contributed by atoms with E-state index in [1.807, 2.05) is 104 Å². The fourth-order valence-corrected chi connectivity index (χ4v) is 9.41. The Kier molecular flexibility index (Phi) is 10.7. The fourth-order valence-electron chi connectivity index (χ4n) is 8.59. The summed E-state index contributed by atoms with van der Waals surface area (Å²) >= 11 is 1.49. The standard InChI is InChI=1S/C46H49NO5S/c1-31-10-9-24-45(3)41(39-21-17-34(26-37(48)19-15-31)27-40(39)43(49)42-22-16-32(2)53-42)23-25-46(45,51)30-47(29-33-11-5-4-6-12-33)44(50)52-38-20-18-35-13-7-8-14-36(35)28-38/h4-8,10-14,16-18,20-22,27-28,37,41,48,51H,9,15,19,23-26,29-30H2,1-3H3/t37-,41-,45-,46+/m0/s1. The Balaban J connectivity index is 1.27. The molecule has 274 valence electrons. The number of rotatable bonds is 7. The van der Waals surface area contributed by atoms with Crippen LogP contribution in [0, 0.1) is 12.3 Å². The van der Waals surface area contributed by atoms with E-state index >= 15 is 0 Å². The number of hydrogen-bond donors (Lipinski definition) is 2. The first-order valence-electron chi connectivity index (χ1n) is 18.8. The van der Waals surface area contributed by atoms with Crippen LogP contribution in [0.5, 0.6) is 5.75 Å². The maximum atomic E-state index is 14.3. The first kappa shape index (κ1) is 36.8. The lowest BCUT2D eigenvalue weighted by Gasteiger charge is -2.46. The molecule has 7 heteroatoms. The van der Waals surface area contributed by atoms with Gasteiger partial charge in [0.15, 0.2) is 0 Å². The van der Waals surface area contributed by atoms with Crippen molar-refractivity contribution >= 4 is 34.0 Å². The summed E-state index contributed by atoms with van der Waals surface area (Å²) in [6, 6.07) is 33.4. The van der Waals surface area contributed by atoms with Gasteiger partial charge in [-0.3, -0.25) is 4.79 Å². The van der Waals surface area contributed by atoms with Crippen molar-refractivity contribution in [3.05, 3.63) is 147 Å². The van der Waals surface area contributed by atoms with Crippen molar-refractivity contribution in [2.75, 3.05) is 6.54 Å². The van der Waals surface area contributed by atoms with Gasteiger partial charge in [0.05, 0.1) is 23.1 Å². The largest absolute Gasteiger partial charge is 0.415 e. The van der Waals surface area contributed by atoms with Crippen molar-refractivity contribution in [2.24, 2.45) is 5.41 Å². The molecule has 4 atom stereocenters. The molecule has 1 amide bonds. The number of allylic oxidation sites excluding steroid dienone is 2. The second-order valence-electron chi connectivity index (χ2n) is 15.4. The van der Waals surface area contributed by atoms with Crippen molar-refractivity contribution in [3.8, 4) is 5.75 Å². The number of nitrogens with zero attached hydrogens (tertiary/aromatic N) is 1. The average Bonchev–Trinajstić information content (AvgIpc) is 3.70. The van der Waals surface area contributed by atoms with Gasteiger partial charge in [0.2, 0.25) is 5.78 Å². The number of aliphatic hydroxyl groups is 2. The van der Waals surface area contributed by atoms with E-state index in [1.54, 1.807) is 4.90 Å². The van der Waals surface area contributed by atoms with Gasteiger partial charge in [0, 0.05) is 22.4 Å². The van der Waals surface area contributed by atoms with Crippen molar-refractivity contribution in [1.29, 1.82) is 0 Å². The van der Waals surface area contributed by atoms with E-state index in [9.17, 15) is 19.8 Å². The molecule has 0 radical (unpaired) electrons. The van der Waals surface area contributed by atoms with Gasteiger partial charge < -0.3 is 19.8 Å². The summed E-state index contributed by atoms with van der Waals surface area (Å²) in [4.78, 5) is 31.9. The lowest BCUT2D eigenvalue weighted by Crippen LogP contribution is -2.54. The van der Waals surface area contributed by atoms with Crippen LogP contribution < -0.4 is 4.74 Å². The number of amides is 1. The minimum Gasteiger partial charge on any atom is -0.410 e. The van der Waals surface area contributed by atoms with E-state index in [0.717, 1.165) is 45.2 Å². The SMILES string of the molecule is CC1=CCC[C@@]2(C)[C@@H](CC[C@@]2(O)CN(Cc2ccccc2)C(=O)Oc2ccc3ccccc3c2)c2ccc(cc2C(=O)c2ccc(C)s2)C[C@@H](O)CC1. The predicted molar refractivity (Wildman–Crippen MR) is 213 cm³/mol. The third-order valence-electron chi connectivity index (χ3n) is 11.7. The minimum absolute atomic E-state index is 0.0280. The normalized spacial score (nSPS) is 23.2. The van der Waals surface area contributed by atoms with Crippen LogP contribution in [0.1, 0.15) is 95.1 Å². The Morgan fingerprint density at radius 1 is 0.887 bits per heavy atom. The molecule has 1 heterocycles. The summed E-state index contributed by atoms with van der Waals surface area (Å²) in [6.45, 7) is 6.60. The van der Waals surface area contributed by atoms with Crippen LogP contribution in [0.2, 0.25) is 0 Å². The molecule has 1 saturated carbocycles. The molecule has 8 rings (SSSR count). The summed E-state index contributed by atoms with van der Waals surface area (Å²) in [5, 5.41) is 26.1. The first-order valence-corrected chi connectivity index (χ1v) is 19.6. The van der Waals surface area contributed by atoms with E-state index in [2.05, 4.69) is 26.0 Å². The van der Waals surface area contributed by atoms with Gasteiger partial charge in [0.1, 0.15) is 5.75 Å². The molecule has 2 N–H and O–H groups in total. The quantitative estimate of drug-likeness (QED) is 0.129. The predicted octanol–water partition coefficient (Wildman–Crippen LogP) is 10.2. The Bertz CT molecular complexity index is 2140. The van der Waals surface area contributed by atoms with Crippen molar-refractivity contribution in [3.63, 3.8) is 0 Å². The monoisotopic (exact) mass is 727 g/mol. The number of aryl methyl sites for hydroxylation is 1. The zero-order valence-electron chi connectivity index (χ0n) is 30.9. The summed E-state index contributed by atoms with van der Waals surface area (Å²) < 4.78 is 6.06. The summed E-state index contributed by atoms with van der Waals surface area (Å²) in [7, 11) is 0. The number of hydrogen-bond acceptors (Lipinski definition) is 6. The maximum Gasteiger partial charge on any atom is 0.415 e. The highest BCUT2D eigenvalue weighted by Gasteiger charge is 2.58. The van der Waals surface area contributed by atoms with Crippen molar-refractivity contribution < 1.29 is 24.5 Å². The second-order valence-corrected chi connectivity index (χ2v) is 16.7. The number of ketones is 1. The topological polar surface area (TPSA) is 87.1 Å². The van der Waals surface area contributed by atoms with Crippen LogP contribution in [-0.4, -0.2) is 45.2 Å². The number of aliphatic hydroxyl groups excluding tert-OH is 1. The molecule has 2 bridgehead atoms. The molecule has 4 aromatic carbocycles. The van der Waals surface area contributed by atoms with E-state index in [1.165, 1.54) is 16.9 Å². The first-order chi connectivity index (χ1) is 25.5. The highest BCUT2D eigenvalue weighted by atomic mass is 32.1. The van der Waals surface area contributed by atoms with Gasteiger partial charge in [0.25, 0.3) is 0 Å². The second kappa shape index (κ2) is 15.4. The highest BCUT2D eigenvalue weighted by molar-refractivity contribution is 7.14. The molecular formula is C46H49NO5S. The van der Waals surface area contributed by atoms with Crippen molar-refractivity contribution in [2.45, 2.75) is 89.9 Å². The number of thiophene rings is 1. The van der Waals surface area contributed by atoms with Crippen LogP contribution in [-0.2, 0) is 13.0 Å². The average molecular weight is 728 g/mol. The van der Waals surface area contributed by atoms with Gasteiger partial charge in [-0.05, 0) is 123 Å². The molecular weight excluding hydrogens is 679 g/mol. The van der Waals surface area contributed by atoms with Gasteiger partial charge >= 0.3 is 6.09 Å². The molecule has 3 aliphatic rings. The number of carbonyl (C=O) groups excluding carboxylic acids is 2. The Hall–Kier alpha value is -4.56. The molecule has 0 saturated heterocycles. The molecule has 53 heavy (non-hydrogen) atoms. The third-order valence-corrected chi connectivity index (χ3v) is 12.7. The lowest BCUT2D eigenvalue weighted by molar-refractivity contribution is -0.0802. The van der Waals surface area contributed by atoms with Crippen LogP contribution in [0.25, 0.3) is 10.8 Å². The number of carbonyl (C=O) groups is 2. The molecule has 5 aromatic rings. The molecule has 0 unspecified atom stereocenters. The van der Waals surface area contributed by atoms with Crippen LogP contribution in [0.4, 0.5) is 4.79 Å². The van der Waals surface area contributed by atoms with Gasteiger partial charge in [-0.15, -0.1) is 11.3 Å². The van der Waals surface area contributed by atoms with Crippen LogP contribution >= 0.6 is 11.3 Å². The Morgan fingerprint density at radius 3 is 2.43 bits per heavy atom. The Morgan fingerprint density at radius 2 is 1.66 bits per heavy atom. The molecule has 1 aromatic heterocycles. The molecule has 1 fully saturated rings. The Labute approximate surface area is 316 Å². The number of benzene rings is 4. The zero-order valence-corrected chi connectivity index (χ0v) is 31.7. The highest BCUT2D eigenvalue weighted by Crippen LogP contribution is 2.59. The van der Waals surface area contributed by atoms with Crippen molar-refractivity contribution in [1.82, 2.24) is 4.90 Å². The smallest absolute Gasteiger partial charge is 0.410 e. The minimum atomic E-state index is -1.29. The van der Waals surface area contributed by atoms with Gasteiger partial charge in [-0.25, -0.2) is 4.79 Å². The summed E-state index contributed by atoms with van der Waals surface area (Å²) in [6.07, 6.45) is 5.57. The maximum absolute atomic E-state index is 14.3. The summed E-state index contributed by atoms with van der Waals surface area (Å²) in [5.74, 6) is 0.267. The van der Waals surface area contributed by atoms with E-state index in [-0.39, 0.29) is 24.8 Å². The number of fused-ring (bicyclic) bond motifs is 9.